The molecule has 0 saturated heterocycles. The Kier molecular flexibility index (Phi) is 2.98. The van der Waals surface area contributed by atoms with Crippen LogP contribution in [0.4, 0.5) is 0 Å². The van der Waals surface area contributed by atoms with Gasteiger partial charge in [-0.1, -0.05) is 30.3 Å². The predicted octanol–water partition coefficient (Wildman–Crippen LogP) is 1.66. The van der Waals surface area contributed by atoms with Gasteiger partial charge in [-0.15, -0.1) is 0 Å². The fourth-order valence-electron chi connectivity index (χ4n) is 0.827. The van der Waals surface area contributed by atoms with E-state index >= 15 is 0 Å². The Balaban J connectivity index is 3.00. The highest BCUT2D eigenvalue weighted by Crippen LogP contribution is 2.44. The number of benzene rings is 1. The Morgan fingerprint density at radius 3 is 2.38 bits per heavy atom. The van der Waals surface area contributed by atoms with Crippen LogP contribution in [0.1, 0.15) is 10.4 Å². The van der Waals surface area contributed by atoms with E-state index in [1.54, 1.807) is 18.2 Å². The number of carbonyl (C=O) groups is 1. The van der Waals surface area contributed by atoms with Crippen LogP contribution in [0, 0.1) is 0 Å². The van der Waals surface area contributed by atoms with Gasteiger partial charge >= 0.3 is 7.60 Å². The number of hydrogen-bond donors (Lipinski definition) is 1. The van der Waals surface area contributed by atoms with Crippen molar-refractivity contribution in [1.82, 2.24) is 0 Å². The fourth-order valence-corrected chi connectivity index (χ4v) is 1.47. The van der Waals surface area contributed by atoms with Crippen molar-refractivity contribution in [2.24, 2.45) is 0 Å². The lowest BCUT2D eigenvalue weighted by Crippen LogP contribution is -2.01. The topological polar surface area (TPSA) is 63.6 Å². The lowest BCUT2D eigenvalue weighted by molar-refractivity contribution is 0.103. The maximum absolute atomic E-state index is 11.3. The lowest BCUT2D eigenvalue weighted by atomic mass is 10.2. The Labute approximate surface area is 75.7 Å². The molecule has 0 spiro atoms. The van der Waals surface area contributed by atoms with Gasteiger partial charge < -0.3 is 9.42 Å². The summed E-state index contributed by atoms with van der Waals surface area (Å²) in [7, 11) is -3.10. The predicted molar refractivity (Wildman–Crippen MR) is 47.6 cm³/mol. The first kappa shape index (κ1) is 10.1. The minimum atomic E-state index is -4.13. The fraction of sp³-hybridized carbons (Fsp3) is 0.125. The molecule has 1 rings (SSSR count). The quantitative estimate of drug-likeness (QED) is 0.753. The minimum absolute atomic E-state index is 0.176. The number of hydrogen-bond acceptors (Lipinski definition) is 3. The zero-order chi connectivity index (χ0) is 9.90. The van der Waals surface area contributed by atoms with Crippen molar-refractivity contribution in [2.75, 3.05) is 7.11 Å². The van der Waals surface area contributed by atoms with Crippen LogP contribution in [0.5, 0.6) is 0 Å². The minimum Gasteiger partial charge on any atom is -0.319 e. The van der Waals surface area contributed by atoms with Gasteiger partial charge in [-0.05, 0) is 0 Å². The van der Waals surface area contributed by atoms with E-state index in [4.69, 9.17) is 4.89 Å². The van der Waals surface area contributed by atoms with Crippen LogP contribution in [0.3, 0.4) is 0 Å². The smallest absolute Gasteiger partial charge is 0.319 e. The van der Waals surface area contributed by atoms with E-state index in [1.807, 2.05) is 0 Å². The van der Waals surface area contributed by atoms with E-state index in [0.717, 1.165) is 7.11 Å². The van der Waals surface area contributed by atoms with Gasteiger partial charge in [0, 0.05) is 12.7 Å². The van der Waals surface area contributed by atoms with Gasteiger partial charge in [0.15, 0.2) is 0 Å². The third-order valence-electron chi connectivity index (χ3n) is 1.52. The highest BCUT2D eigenvalue weighted by molar-refractivity contribution is 7.71. The van der Waals surface area contributed by atoms with Crippen LogP contribution in [-0.4, -0.2) is 17.5 Å². The van der Waals surface area contributed by atoms with E-state index in [9.17, 15) is 9.36 Å². The number of carbonyl (C=O) groups excluding carboxylic acids is 1. The molecular formula is C8H9O4P. The maximum Gasteiger partial charge on any atom is 0.398 e. The van der Waals surface area contributed by atoms with Gasteiger partial charge in [-0.3, -0.25) is 9.36 Å². The summed E-state index contributed by atoms with van der Waals surface area (Å²) in [5.41, 5.74) is -0.703. The summed E-state index contributed by atoms with van der Waals surface area (Å²) in [6.45, 7) is 0. The molecule has 0 heterocycles. The summed E-state index contributed by atoms with van der Waals surface area (Å²) in [4.78, 5) is 20.3. The molecular weight excluding hydrogens is 191 g/mol. The average molecular weight is 200 g/mol. The van der Waals surface area contributed by atoms with Crippen molar-refractivity contribution < 1.29 is 18.8 Å². The van der Waals surface area contributed by atoms with E-state index in [2.05, 4.69) is 4.52 Å². The third kappa shape index (κ3) is 2.25. The lowest BCUT2D eigenvalue weighted by Gasteiger charge is -2.06. The second-order valence-electron chi connectivity index (χ2n) is 2.37. The van der Waals surface area contributed by atoms with Crippen LogP contribution in [0.25, 0.3) is 0 Å². The first-order valence-electron chi connectivity index (χ1n) is 3.56. The van der Waals surface area contributed by atoms with Gasteiger partial charge in [-0.2, -0.15) is 0 Å². The van der Waals surface area contributed by atoms with Crippen LogP contribution in [-0.2, 0) is 9.09 Å². The summed E-state index contributed by atoms with van der Waals surface area (Å²) >= 11 is 0. The Morgan fingerprint density at radius 1 is 1.38 bits per heavy atom. The molecule has 0 aliphatic heterocycles. The van der Waals surface area contributed by atoms with Gasteiger partial charge in [0.05, 0.1) is 0 Å². The molecule has 1 atom stereocenters. The Hall–Kier alpha value is -0.960. The van der Waals surface area contributed by atoms with E-state index in [0.29, 0.717) is 0 Å². The molecule has 13 heavy (non-hydrogen) atoms. The van der Waals surface area contributed by atoms with Crippen molar-refractivity contribution in [3.8, 4) is 0 Å². The molecule has 0 aromatic heterocycles. The van der Waals surface area contributed by atoms with E-state index in [-0.39, 0.29) is 5.56 Å². The van der Waals surface area contributed by atoms with Crippen LogP contribution in [0.2, 0.25) is 0 Å². The van der Waals surface area contributed by atoms with Crippen molar-refractivity contribution in [3.63, 3.8) is 0 Å². The van der Waals surface area contributed by atoms with Crippen molar-refractivity contribution in [1.29, 1.82) is 0 Å². The van der Waals surface area contributed by atoms with Crippen molar-refractivity contribution >= 4 is 13.1 Å². The highest BCUT2D eigenvalue weighted by atomic mass is 31.2. The monoisotopic (exact) mass is 200 g/mol. The normalized spacial score (nSPS) is 14.9. The molecule has 0 fully saturated rings. The second kappa shape index (κ2) is 3.83. The largest absolute Gasteiger partial charge is 0.398 e. The summed E-state index contributed by atoms with van der Waals surface area (Å²) in [6.07, 6.45) is 0. The van der Waals surface area contributed by atoms with Gasteiger partial charge in [0.2, 0.25) is 0 Å². The first-order chi connectivity index (χ1) is 6.08. The molecule has 1 unspecified atom stereocenters. The van der Waals surface area contributed by atoms with Crippen LogP contribution < -0.4 is 0 Å². The van der Waals surface area contributed by atoms with E-state index < -0.39 is 13.1 Å². The van der Waals surface area contributed by atoms with Gasteiger partial charge in [-0.25, -0.2) is 0 Å². The first-order valence-corrected chi connectivity index (χ1v) is 5.14. The standard InChI is InChI=1S/C8H9O4P/c1-12-13(10,11)8(9)7-5-3-2-4-6-7/h2-6H,1H3,(H,10,11). The summed E-state index contributed by atoms with van der Waals surface area (Å²) < 4.78 is 15.3. The molecule has 1 N–H and O–H groups in total. The summed E-state index contributed by atoms with van der Waals surface area (Å²) in [5.74, 6) is 0. The van der Waals surface area contributed by atoms with E-state index in [1.165, 1.54) is 12.1 Å². The molecule has 0 amide bonds. The van der Waals surface area contributed by atoms with Crippen LogP contribution >= 0.6 is 7.60 Å². The van der Waals surface area contributed by atoms with Crippen LogP contribution in [0.15, 0.2) is 30.3 Å². The molecule has 0 radical (unpaired) electrons. The molecule has 1 aromatic carbocycles. The zero-order valence-corrected chi connectivity index (χ0v) is 7.90. The molecule has 0 aliphatic carbocycles. The maximum atomic E-state index is 11.3. The Bertz CT molecular complexity index is 346. The van der Waals surface area contributed by atoms with Gasteiger partial charge in [0.25, 0.3) is 5.52 Å². The molecule has 0 aliphatic rings. The molecule has 4 nitrogen and oxygen atoms in total. The third-order valence-corrected chi connectivity index (χ3v) is 2.79. The SMILES string of the molecule is COP(=O)(O)C(=O)c1ccccc1. The molecule has 0 bridgehead atoms. The number of rotatable bonds is 3. The zero-order valence-electron chi connectivity index (χ0n) is 7.01. The summed E-state index contributed by atoms with van der Waals surface area (Å²) in [6, 6.07) is 7.87. The highest BCUT2D eigenvalue weighted by Gasteiger charge is 2.29. The molecule has 0 saturated carbocycles. The van der Waals surface area contributed by atoms with Crippen molar-refractivity contribution in [3.05, 3.63) is 35.9 Å². The summed E-state index contributed by atoms with van der Waals surface area (Å²) in [5, 5.41) is 0. The average Bonchev–Trinajstić information content (AvgIpc) is 2.18. The second-order valence-corrected chi connectivity index (χ2v) is 4.19. The molecule has 70 valence electrons. The van der Waals surface area contributed by atoms with Gasteiger partial charge in [0.1, 0.15) is 0 Å². The van der Waals surface area contributed by atoms with Crippen molar-refractivity contribution in [2.45, 2.75) is 0 Å². The Morgan fingerprint density at radius 2 is 1.92 bits per heavy atom. The molecule has 1 aromatic rings. The molecule has 5 heteroatoms.